The lowest BCUT2D eigenvalue weighted by molar-refractivity contribution is 0.0953. The fourth-order valence-corrected chi connectivity index (χ4v) is 2.79. The molecule has 1 aliphatic rings. The number of carbonyl (C=O) groups is 1. The van der Waals surface area contributed by atoms with Crippen molar-refractivity contribution in [3.05, 3.63) is 23.4 Å². The van der Waals surface area contributed by atoms with E-state index in [0.717, 1.165) is 25.1 Å². The number of aryl methyl sites for hydroxylation is 1. The number of hydrogen-bond donors (Lipinski definition) is 2. The average Bonchev–Trinajstić information content (AvgIpc) is 3.16. The molecule has 1 fully saturated rings. The second-order valence-electron chi connectivity index (χ2n) is 5.09. The van der Waals surface area contributed by atoms with E-state index in [1.165, 1.54) is 12.8 Å². The molecule has 2 rings (SSSR count). The Balaban J connectivity index is 2.01. The van der Waals surface area contributed by atoms with Crippen LogP contribution in [0, 0.1) is 0 Å². The van der Waals surface area contributed by atoms with E-state index in [0.29, 0.717) is 11.4 Å². The van der Waals surface area contributed by atoms with Crippen molar-refractivity contribution in [1.29, 1.82) is 0 Å². The zero-order chi connectivity index (χ0) is 13.9. The molecule has 1 amide bonds. The van der Waals surface area contributed by atoms with Crippen molar-refractivity contribution in [2.75, 3.05) is 18.5 Å². The van der Waals surface area contributed by atoms with E-state index in [9.17, 15) is 4.79 Å². The molecule has 0 atom stereocenters. The van der Waals surface area contributed by atoms with Gasteiger partial charge in [-0.15, -0.1) is 0 Å². The predicted octanol–water partition coefficient (Wildman–Crippen LogP) is 2.24. The van der Waals surface area contributed by atoms with Crippen LogP contribution in [0.25, 0.3) is 0 Å². The minimum atomic E-state index is -0.0493. The van der Waals surface area contributed by atoms with Gasteiger partial charge in [-0.05, 0) is 37.7 Å². The molecule has 5 heteroatoms. The first-order valence-electron chi connectivity index (χ1n) is 6.68. The summed E-state index contributed by atoms with van der Waals surface area (Å²) < 4.78 is 0.278. The summed E-state index contributed by atoms with van der Waals surface area (Å²) in [5, 5.41) is 3.01. The van der Waals surface area contributed by atoms with Gasteiger partial charge in [0.1, 0.15) is 5.82 Å². The van der Waals surface area contributed by atoms with Gasteiger partial charge >= 0.3 is 0 Å². The van der Waals surface area contributed by atoms with Crippen LogP contribution in [0.15, 0.2) is 12.1 Å². The highest BCUT2D eigenvalue weighted by molar-refractivity contribution is 8.00. The van der Waals surface area contributed by atoms with Crippen LogP contribution in [0.5, 0.6) is 0 Å². The molecule has 0 aliphatic heterocycles. The summed E-state index contributed by atoms with van der Waals surface area (Å²) in [5.41, 5.74) is 7.26. The van der Waals surface area contributed by atoms with Gasteiger partial charge in [-0.25, -0.2) is 4.98 Å². The van der Waals surface area contributed by atoms with Crippen LogP contribution >= 0.6 is 11.8 Å². The standard InChI is InChI=1S/C14H21N3OS/c1-3-4-11-7-10(8-12(15)17-11)13(18)16-9-14(19-2)5-6-14/h7-8H,3-6,9H2,1-2H3,(H2,15,17)(H,16,18). The number of nitrogens with two attached hydrogens (primary N) is 1. The third kappa shape index (κ3) is 3.62. The lowest BCUT2D eigenvalue weighted by atomic mass is 10.1. The minimum absolute atomic E-state index is 0.0493. The Morgan fingerprint density at radius 2 is 2.26 bits per heavy atom. The monoisotopic (exact) mass is 279 g/mol. The Labute approximate surface area is 118 Å². The minimum Gasteiger partial charge on any atom is -0.384 e. The summed E-state index contributed by atoms with van der Waals surface area (Å²) in [5.74, 6) is 0.369. The molecular weight excluding hydrogens is 258 g/mol. The molecule has 0 unspecified atom stereocenters. The van der Waals surface area contributed by atoms with E-state index in [1.54, 1.807) is 6.07 Å². The number of aromatic nitrogens is 1. The largest absolute Gasteiger partial charge is 0.384 e. The van der Waals surface area contributed by atoms with E-state index in [1.807, 2.05) is 17.8 Å². The number of anilines is 1. The number of rotatable bonds is 6. The van der Waals surface area contributed by atoms with Gasteiger partial charge in [0.2, 0.25) is 0 Å². The molecular formula is C14H21N3OS. The first-order chi connectivity index (χ1) is 9.08. The number of amides is 1. The Kier molecular flexibility index (Phi) is 4.34. The van der Waals surface area contributed by atoms with Gasteiger partial charge in [-0.1, -0.05) is 13.3 Å². The zero-order valence-electron chi connectivity index (χ0n) is 11.5. The van der Waals surface area contributed by atoms with E-state index in [4.69, 9.17) is 5.73 Å². The fraction of sp³-hybridized carbons (Fsp3) is 0.571. The number of nitrogens with one attached hydrogen (secondary N) is 1. The molecule has 0 aromatic carbocycles. The van der Waals surface area contributed by atoms with Gasteiger partial charge in [0.05, 0.1) is 0 Å². The normalized spacial score (nSPS) is 16.1. The van der Waals surface area contributed by atoms with Gasteiger partial charge < -0.3 is 11.1 Å². The van der Waals surface area contributed by atoms with Crippen LogP contribution in [0.2, 0.25) is 0 Å². The van der Waals surface area contributed by atoms with Crippen molar-refractivity contribution in [3.8, 4) is 0 Å². The number of hydrogen-bond acceptors (Lipinski definition) is 4. The Bertz CT molecular complexity index is 472. The van der Waals surface area contributed by atoms with E-state index < -0.39 is 0 Å². The van der Waals surface area contributed by atoms with Crippen molar-refractivity contribution < 1.29 is 4.79 Å². The van der Waals surface area contributed by atoms with E-state index >= 15 is 0 Å². The summed E-state index contributed by atoms with van der Waals surface area (Å²) in [6, 6.07) is 3.49. The fourth-order valence-electron chi connectivity index (χ4n) is 2.06. The molecule has 3 N–H and O–H groups in total. The zero-order valence-corrected chi connectivity index (χ0v) is 12.3. The molecule has 4 nitrogen and oxygen atoms in total. The Morgan fingerprint density at radius 3 is 2.84 bits per heavy atom. The summed E-state index contributed by atoms with van der Waals surface area (Å²) in [7, 11) is 0. The molecule has 0 saturated heterocycles. The summed E-state index contributed by atoms with van der Waals surface area (Å²) in [4.78, 5) is 16.4. The van der Waals surface area contributed by atoms with Crippen LogP contribution in [-0.4, -0.2) is 28.4 Å². The number of nitrogens with zero attached hydrogens (tertiary/aromatic N) is 1. The molecule has 1 saturated carbocycles. The third-order valence-corrected chi connectivity index (χ3v) is 4.90. The SMILES string of the molecule is CCCc1cc(C(=O)NCC2(SC)CC2)cc(N)n1. The number of carbonyl (C=O) groups excluding carboxylic acids is 1. The van der Waals surface area contributed by atoms with Gasteiger partial charge in [0.25, 0.3) is 5.91 Å². The molecule has 104 valence electrons. The molecule has 1 aromatic heterocycles. The van der Waals surface area contributed by atoms with Gasteiger partial charge in [-0.3, -0.25) is 4.79 Å². The molecule has 0 radical (unpaired) electrons. The quantitative estimate of drug-likeness (QED) is 0.838. The molecule has 1 heterocycles. The second-order valence-corrected chi connectivity index (χ2v) is 6.37. The topological polar surface area (TPSA) is 68.0 Å². The van der Waals surface area contributed by atoms with Crippen LogP contribution in [0.1, 0.15) is 42.2 Å². The van der Waals surface area contributed by atoms with Gasteiger partial charge in [0.15, 0.2) is 0 Å². The maximum absolute atomic E-state index is 12.1. The first-order valence-corrected chi connectivity index (χ1v) is 7.91. The lowest BCUT2D eigenvalue weighted by Gasteiger charge is -2.13. The highest BCUT2D eigenvalue weighted by Crippen LogP contribution is 2.46. The van der Waals surface area contributed by atoms with Crippen molar-refractivity contribution in [2.45, 2.75) is 37.4 Å². The van der Waals surface area contributed by atoms with Crippen molar-refractivity contribution >= 4 is 23.5 Å². The molecule has 19 heavy (non-hydrogen) atoms. The van der Waals surface area contributed by atoms with Crippen molar-refractivity contribution in [3.63, 3.8) is 0 Å². The van der Waals surface area contributed by atoms with Gasteiger partial charge in [-0.2, -0.15) is 11.8 Å². The Hall–Kier alpha value is -1.23. The number of pyridine rings is 1. The van der Waals surface area contributed by atoms with Crippen molar-refractivity contribution in [2.24, 2.45) is 0 Å². The average molecular weight is 279 g/mol. The van der Waals surface area contributed by atoms with Gasteiger partial charge in [0, 0.05) is 22.5 Å². The summed E-state index contributed by atoms with van der Waals surface area (Å²) in [6.07, 6.45) is 6.32. The predicted molar refractivity (Wildman–Crippen MR) is 80.5 cm³/mol. The van der Waals surface area contributed by atoms with Crippen molar-refractivity contribution in [1.82, 2.24) is 10.3 Å². The molecule has 1 aromatic rings. The van der Waals surface area contributed by atoms with Crippen LogP contribution in [0.3, 0.4) is 0 Å². The number of nitrogen functional groups attached to an aromatic ring is 1. The number of thioether (sulfide) groups is 1. The summed E-state index contributed by atoms with van der Waals surface area (Å²) >= 11 is 1.84. The third-order valence-electron chi connectivity index (χ3n) is 3.48. The van der Waals surface area contributed by atoms with Crippen LogP contribution < -0.4 is 11.1 Å². The highest BCUT2D eigenvalue weighted by Gasteiger charge is 2.41. The second kappa shape index (κ2) is 5.82. The maximum atomic E-state index is 12.1. The van der Waals surface area contributed by atoms with E-state index in [2.05, 4.69) is 23.5 Å². The van der Waals surface area contributed by atoms with Crippen LogP contribution in [-0.2, 0) is 6.42 Å². The van der Waals surface area contributed by atoms with E-state index in [-0.39, 0.29) is 10.7 Å². The molecule has 0 spiro atoms. The highest BCUT2D eigenvalue weighted by atomic mass is 32.2. The lowest BCUT2D eigenvalue weighted by Crippen LogP contribution is -2.31. The smallest absolute Gasteiger partial charge is 0.251 e. The molecule has 0 bridgehead atoms. The maximum Gasteiger partial charge on any atom is 0.251 e. The first kappa shape index (κ1) is 14.2. The Morgan fingerprint density at radius 1 is 1.53 bits per heavy atom. The molecule has 1 aliphatic carbocycles. The summed E-state index contributed by atoms with van der Waals surface area (Å²) in [6.45, 7) is 2.82. The van der Waals surface area contributed by atoms with Crippen LogP contribution in [0.4, 0.5) is 5.82 Å².